The molecule has 0 saturated heterocycles. The Labute approximate surface area is 167 Å². The van der Waals surface area contributed by atoms with Crippen LogP contribution in [0.3, 0.4) is 0 Å². The van der Waals surface area contributed by atoms with E-state index in [4.69, 9.17) is 14.2 Å². The van der Waals surface area contributed by atoms with Crippen molar-refractivity contribution in [2.24, 2.45) is 0 Å². The van der Waals surface area contributed by atoms with Gasteiger partial charge in [0.1, 0.15) is 0 Å². The van der Waals surface area contributed by atoms with Gasteiger partial charge in [-0.3, -0.25) is 4.79 Å². The van der Waals surface area contributed by atoms with E-state index in [-0.39, 0.29) is 5.91 Å². The average Bonchev–Trinajstić information content (AvgIpc) is 2.73. The fourth-order valence-corrected chi connectivity index (χ4v) is 3.11. The average molecular weight is 386 g/mol. The van der Waals surface area contributed by atoms with Gasteiger partial charge in [0.2, 0.25) is 11.7 Å². The highest BCUT2D eigenvalue weighted by Crippen LogP contribution is 2.38. The van der Waals surface area contributed by atoms with Crippen molar-refractivity contribution in [3.05, 3.63) is 42.0 Å². The van der Waals surface area contributed by atoms with Crippen LogP contribution in [0.25, 0.3) is 0 Å². The zero-order valence-electron chi connectivity index (χ0n) is 17.4. The number of benzene rings is 2. The summed E-state index contributed by atoms with van der Waals surface area (Å²) in [5.74, 6) is 1.68. The molecule has 0 spiro atoms. The predicted molar refractivity (Wildman–Crippen MR) is 113 cm³/mol. The molecule has 152 valence electrons. The summed E-state index contributed by atoms with van der Waals surface area (Å²) in [6, 6.07) is 11.7. The quantitative estimate of drug-likeness (QED) is 0.665. The van der Waals surface area contributed by atoms with Crippen molar-refractivity contribution < 1.29 is 19.0 Å². The van der Waals surface area contributed by atoms with Gasteiger partial charge in [0.15, 0.2) is 11.5 Å². The molecule has 6 heteroatoms. The van der Waals surface area contributed by atoms with Crippen molar-refractivity contribution >= 4 is 17.3 Å². The first-order chi connectivity index (χ1) is 13.6. The Kier molecular flexibility index (Phi) is 7.99. The van der Waals surface area contributed by atoms with Crippen LogP contribution in [0.5, 0.6) is 17.2 Å². The number of anilines is 2. The van der Waals surface area contributed by atoms with Gasteiger partial charge in [-0.2, -0.15) is 0 Å². The molecule has 0 unspecified atom stereocenters. The van der Waals surface area contributed by atoms with Gasteiger partial charge in [-0.05, 0) is 62.2 Å². The highest BCUT2D eigenvalue weighted by Gasteiger charge is 2.14. The Morgan fingerprint density at radius 2 is 1.50 bits per heavy atom. The van der Waals surface area contributed by atoms with Crippen molar-refractivity contribution in [2.75, 3.05) is 44.6 Å². The summed E-state index contributed by atoms with van der Waals surface area (Å²) in [5, 5.41) is 2.95. The third-order valence-electron chi connectivity index (χ3n) is 4.64. The highest BCUT2D eigenvalue weighted by molar-refractivity contribution is 5.91. The summed E-state index contributed by atoms with van der Waals surface area (Å²) in [6.45, 7) is 6.17. The first kappa shape index (κ1) is 21.4. The second kappa shape index (κ2) is 10.4. The number of hydrogen-bond donors (Lipinski definition) is 1. The molecule has 1 amide bonds. The largest absolute Gasteiger partial charge is 0.493 e. The molecule has 0 aliphatic rings. The number of hydrogen-bond acceptors (Lipinski definition) is 5. The number of nitrogens with one attached hydrogen (secondary N) is 1. The number of aryl methyl sites for hydroxylation is 1. The smallest absolute Gasteiger partial charge is 0.224 e. The molecular formula is C22H30N2O4. The summed E-state index contributed by atoms with van der Waals surface area (Å²) in [5.41, 5.74) is 2.90. The molecule has 0 bridgehead atoms. The molecule has 0 saturated carbocycles. The van der Waals surface area contributed by atoms with Crippen LogP contribution in [-0.4, -0.2) is 40.3 Å². The van der Waals surface area contributed by atoms with Crippen LogP contribution in [-0.2, 0) is 11.2 Å². The lowest BCUT2D eigenvalue weighted by molar-refractivity contribution is -0.116. The maximum absolute atomic E-state index is 12.3. The van der Waals surface area contributed by atoms with Crippen LogP contribution >= 0.6 is 0 Å². The minimum atomic E-state index is -0.0376. The number of nitrogens with zero attached hydrogens (tertiary/aromatic N) is 1. The van der Waals surface area contributed by atoms with E-state index in [0.717, 1.165) is 30.0 Å². The van der Waals surface area contributed by atoms with E-state index in [2.05, 4.69) is 24.1 Å². The monoisotopic (exact) mass is 386 g/mol. The third-order valence-corrected chi connectivity index (χ3v) is 4.64. The van der Waals surface area contributed by atoms with Crippen LogP contribution in [0.2, 0.25) is 0 Å². The molecule has 2 aromatic rings. The molecule has 6 nitrogen and oxygen atoms in total. The molecular weight excluding hydrogens is 356 g/mol. The van der Waals surface area contributed by atoms with Crippen LogP contribution in [0, 0.1) is 0 Å². The van der Waals surface area contributed by atoms with Gasteiger partial charge in [-0.25, -0.2) is 0 Å². The minimum Gasteiger partial charge on any atom is -0.493 e. The molecule has 0 radical (unpaired) electrons. The second-order valence-corrected chi connectivity index (χ2v) is 6.30. The van der Waals surface area contributed by atoms with E-state index in [1.165, 1.54) is 0 Å². The Bertz CT molecular complexity index is 746. The zero-order valence-corrected chi connectivity index (χ0v) is 17.4. The Morgan fingerprint density at radius 3 is 1.96 bits per heavy atom. The maximum atomic E-state index is 12.3. The number of carbonyl (C=O) groups is 1. The standard InChI is InChI=1S/C22H30N2O4/c1-6-24(7-2)18-11-9-17(10-12-18)23-21(25)13-8-16-14-19(26-3)22(28-5)20(15-16)27-4/h9-12,14-15H,6-8,13H2,1-5H3,(H,23,25). The van der Waals surface area contributed by atoms with Gasteiger partial charge in [0, 0.05) is 30.9 Å². The minimum absolute atomic E-state index is 0.0376. The van der Waals surface area contributed by atoms with E-state index >= 15 is 0 Å². The van der Waals surface area contributed by atoms with Crippen LogP contribution in [0.4, 0.5) is 11.4 Å². The zero-order chi connectivity index (χ0) is 20.5. The first-order valence-corrected chi connectivity index (χ1v) is 9.49. The summed E-state index contributed by atoms with van der Waals surface area (Å²) in [7, 11) is 4.73. The third kappa shape index (κ3) is 5.31. The molecule has 0 aromatic heterocycles. The van der Waals surface area contributed by atoms with E-state index < -0.39 is 0 Å². The number of methoxy groups -OCH3 is 3. The summed E-state index contributed by atoms with van der Waals surface area (Å²) in [6.07, 6.45) is 0.927. The lowest BCUT2D eigenvalue weighted by Crippen LogP contribution is -2.21. The molecule has 0 aliphatic carbocycles. The number of ether oxygens (including phenoxy) is 3. The lowest BCUT2D eigenvalue weighted by Gasteiger charge is -2.21. The Balaban J connectivity index is 1.99. The van der Waals surface area contributed by atoms with Crippen LogP contribution in [0.15, 0.2) is 36.4 Å². The molecule has 1 N–H and O–H groups in total. The summed E-state index contributed by atoms with van der Waals surface area (Å²) < 4.78 is 16.1. The SMILES string of the molecule is CCN(CC)c1ccc(NC(=O)CCc2cc(OC)c(OC)c(OC)c2)cc1. The van der Waals surface area contributed by atoms with Crippen molar-refractivity contribution in [1.29, 1.82) is 0 Å². The number of rotatable bonds is 10. The number of carbonyl (C=O) groups excluding carboxylic acids is 1. The first-order valence-electron chi connectivity index (χ1n) is 9.49. The highest BCUT2D eigenvalue weighted by atomic mass is 16.5. The van der Waals surface area contributed by atoms with Crippen molar-refractivity contribution in [1.82, 2.24) is 0 Å². The molecule has 0 atom stereocenters. The van der Waals surface area contributed by atoms with Crippen molar-refractivity contribution in [2.45, 2.75) is 26.7 Å². The molecule has 0 heterocycles. The number of amides is 1. The predicted octanol–water partition coefficient (Wildman–Crippen LogP) is 4.13. The Hall–Kier alpha value is -2.89. The molecule has 2 aromatic carbocycles. The van der Waals surface area contributed by atoms with Gasteiger partial charge in [-0.1, -0.05) is 0 Å². The second-order valence-electron chi connectivity index (χ2n) is 6.30. The fourth-order valence-electron chi connectivity index (χ4n) is 3.11. The maximum Gasteiger partial charge on any atom is 0.224 e. The van der Waals surface area contributed by atoms with Gasteiger partial charge in [0.05, 0.1) is 21.3 Å². The topological polar surface area (TPSA) is 60.0 Å². The molecule has 28 heavy (non-hydrogen) atoms. The summed E-state index contributed by atoms with van der Waals surface area (Å²) in [4.78, 5) is 14.6. The van der Waals surface area contributed by atoms with Crippen LogP contribution in [0.1, 0.15) is 25.8 Å². The van der Waals surface area contributed by atoms with Gasteiger partial charge >= 0.3 is 0 Å². The Morgan fingerprint density at radius 1 is 0.929 bits per heavy atom. The normalized spacial score (nSPS) is 10.3. The van der Waals surface area contributed by atoms with E-state index in [1.807, 2.05) is 36.4 Å². The summed E-state index contributed by atoms with van der Waals surface area (Å²) >= 11 is 0. The molecule has 2 rings (SSSR count). The fraction of sp³-hybridized carbons (Fsp3) is 0.409. The molecule has 0 aliphatic heterocycles. The van der Waals surface area contributed by atoms with E-state index in [1.54, 1.807) is 21.3 Å². The van der Waals surface area contributed by atoms with E-state index in [0.29, 0.717) is 30.1 Å². The van der Waals surface area contributed by atoms with Gasteiger partial charge in [0.25, 0.3) is 0 Å². The molecule has 0 fully saturated rings. The van der Waals surface area contributed by atoms with Gasteiger partial charge in [-0.15, -0.1) is 0 Å². The van der Waals surface area contributed by atoms with E-state index in [9.17, 15) is 4.79 Å². The van der Waals surface area contributed by atoms with Gasteiger partial charge < -0.3 is 24.4 Å². The van der Waals surface area contributed by atoms with Crippen molar-refractivity contribution in [3.8, 4) is 17.2 Å². The van der Waals surface area contributed by atoms with Crippen molar-refractivity contribution in [3.63, 3.8) is 0 Å². The van der Waals surface area contributed by atoms with Crippen LogP contribution < -0.4 is 24.4 Å². The lowest BCUT2D eigenvalue weighted by atomic mass is 10.1.